The van der Waals surface area contributed by atoms with Crippen molar-refractivity contribution in [3.63, 3.8) is 0 Å². The quantitative estimate of drug-likeness (QED) is 0.785. The Morgan fingerprint density at radius 3 is 2.81 bits per heavy atom. The third kappa shape index (κ3) is 4.80. The Labute approximate surface area is 136 Å². The molecule has 0 radical (unpaired) electrons. The van der Waals surface area contributed by atoms with Crippen molar-refractivity contribution in [2.24, 2.45) is 0 Å². The number of nitrogens with one attached hydrogen (secondary N) is 1. The average Bonchev–Trinajstić information content (AvgIpc) is 3.06. The molecule has 0 aliphatic heterocycles. The molecule has 1 N–H and O–H groups in total. The van der Waals surface area contributed by atoms with Crippen LogP contribution in [0.4, 0.5) is 5.13 Å². The molecule has 0 bridgehead atoms. The SMILES string of the molecule is CCCc1nc(N(C)Cc2ccsc2)sc1CNC(C)C. The van der Waals surface area contributed by atoms with E-state index in [1.54, 1.807) is 11.3 Å². The van der Waals surface area contributed by atoms with Gasteiger partial charge in [0.05, 0.1) is 5.69 Å². The molecule has 21 heavy (non-hydrogen) atoms. The van der Waals surface area contributed by atoms with Crippen LogP contribution in [0.3, 0.4) is 0 Å². The number of anilines is 1. The van der Waals surface area contributed by atoms with Crippen molar-refractivity contribution in [3.8, 4) is 0 Å². The Morgan fingerprint density at radius 1 is 1.38 bits per heavy atom. The van der Waals surface area contributed by atoms with Crippen LogP contribution in [0.5, 0.6) is 0 Å². The fraction of sp³-hybridized carbons (Fsp3) is 0.562. The molecule has 0 fully saturated rings. The number of nitrogens with zero attached hydrogens (tertiary/aromatic N) is 2. The molecule has 2 rings (SSSR count). The lowest BCUT2D eigenvalue weighted by Gasteiger charge is -2.14. The van der Waals surface area contributed by atoms with Crippen molar-refractivity contribution >= 4 is 27.8 Å². The van der Waals surface area contributed by atoms with E-state index in [0.717, 1.165) is 31.1 Å². The van der Waals surface area contributed by atoms with Gasteiger partial charge in [-0.3, -0.25) is 0 Å². The number of hydrogen-bond donors (Lipinski definition) is 1. The van der Waals surface area contributed by atoms with Crippen molar-refractivity contribution in [2.75, 3.05) is 11.9 Å². The largest absolute Gasteiger partial charge is 0.347 e. The molecular weight excluding hydrogens is 298 g/mol. The molecule has 0 saturated carbocycles. The van der Waals surface area contributed by atoms with Gasteiger partial charge in [-0.25, -0.2) is 4.98 Å². The third-order valence-corrected chi connectivity index (χ3v) is 5.19. The molecule has 0 unspecified atom stereocenters. The van der Waals surface area contributed by atoms with E-state index in [1.165, 1.54) is 16.1 Å². The number of aryl methyl sites for hydroxylation is 1. The molecule has 0 aliphatic rings. The lowest BCUT2D eigenvalue weighted by Crippen LogP contribution is -2.21. The van der Waals surface area contributed by atoms with Gasteiger partial charge in [-0.15, -0.1) is 11.3 Å². The maximum atomic E-state index is 4.87. The van der Waals surface area contributed by atoms with Gasteiger partial charge in [0.15, 0.2) is 5.13 Å². The first kappa shape index (κ1) is 16.5. The molecule has 0 aromatic carbocycles. The van der Waals surface area contributed by atoms with Crippen LogP contribution in [0.15, 0.2) is 16.8 Å². The van der Waals surface area contributed by atoms with E-state index in [1.807, 2.05) is 11.3 Å². The van der Waals surface area contributed by atoms with Crippen LogP contribution >= 0.6 is 22.7 Å². The zero-order chi connectivity index (χ0) is 15.2. The van der Waals surface area contributed by atoms with Crippen molar-refractivity contribution in [1.82, 2.24) is 10.3 Å². The maximum absolute atomic E-state index is 4.87. The van der Waals surface area contributed by atoms with Gasteiger partial charge in [0.1, 0.15) is 0 Å². The fourth-order valence-electron chi connectivity index (χ4n) is 2.12. The Morgan fingerprint density at radius 2 is 2.19 bits per heavy atom. The average molecular weight is 324 g/mol. The van der Waals surface area contributed by atoms with Gasteiger partial charge in [-0.2, -0.15) is 11.3 Å². The molecule has 3 nitrogen and oxygen atoms in total. The molecule has 0 spiro atoms. The van der Waals surface area contributed by atoms with E-state index in [9.17, 15) is 0 Å². The zero-order valence-corrected chi connectivity index (χ0v) is 15.0. The first-order valence-electron chi connectivity index (χ1n) is 7.54. The second kappa shape index (κ2) is 7.92. The molecule has 0 amide bonds. The molecule has 116 valence electrons. The van der Waals surface area contributed by atoms with E-state index in [-0.39, 0.29) is 0 Å². The number of thiophene rings is 1. The highest BCUT2D eigenvalue weighted by molar-refractivity contribution is 7.15. The zero-order valence-electron chi connectivity index (χ0n) is 13.3. The third-order valence-electron chi connectivity index (χ3n) is 3.25. The Balaban J connectivity index is 2.09. The molecule has 2 aromatic rings. The Bertz CT molecular complexity index is 532. The first-order chi connectivity index (χ1) is 10.1. The number of thiazole rings is 1. The van der Waals surface area contributed by atoms with Crippen LogP contribution in [0.1, 0.15) is 43.3 Å². The van der Waals surface area contributed by atoms with Crippen molar-refractivity contribution in [2.45, 2.75) is 52.7 Å². The van der Waals surface area contributed by atoms with Gasteiger partial charge in [-0.05, 0) is 28.8 Å². The lowest BCUT2D eigenvalue weighted by molar-refractivity contribution is 0.589. The van der Waals surface area contributed by atoms with Crippen LogP contribution < -0.4 is 10.2 Å². The molecule has 5 heteroatoms. The summed E-state index contributed by atoms with van der Waals surface area (Å²) in [5.41, 5.74) is 2.62. The first-order valence-corrected chi connectivity index (χ1v) is 9.30. The Hall–Kier alpha value is -0.910. The minimum absolute atomic E-state index is 0.508. The molecule has 2 heterocycles. The van der Waals surface area contributed by atoms with E-state index in [2.05, 4.69) is 54.9 Å². The second-order valence-electron chi connectivity index (χ2n) is 5.64. The maximum Gasteiger partial charge on any atom is 0.185 e. The molecular formula is C16H25N3S2. The summed E-state index contributed by atoms with van der Waals surface area (Å²) < 4.78 is 0. The van der Waals surface area contributed by atoms with Crippen LogP contribution in [-0.2, 0) is 19.5 Å². The molecule has 0 saturated heterocycles. The summed E-state index contributed by atoms with van der Waals surface area (Å²) in [4.78, 5) is 8.51. The topological polar surface area (TPSA) is 28.2 Å². The summed E-state index contributed by atoms with van der Waals surface area (Å²) in [5, 5.41) is 8.98. The monoisotopic (exact) mass is 323 g/mol. The summed E-state index contributed by atoms with van der Waals surface area (Å²) in [6.45, 7) is 8.44. The molecule has 0 atom stereocenters. The van der Waals surface area contributed by atoms with Crippen molar-refractivity contribution < 1.29 is 0 Å². The number of rotatable bonds is 8. The summed E-state index contributed by atoms with van der Waals surface area (Å²) in [5.74, 6) is 0. The van der Waals surface area contributed by atoms with E-state index >= 15 is 0 Å². The number of hydrogen-bond acceptors (Lipinski definition) is 5. The van der Waals surface area contributed by atoms with E-state index in [0.29, 0.717) is 6.04 Å². The Kier molecular flexibility index (Phi) is 6.21. The smallest absolute Gasteiger partial charge is 0.185 e. The summed E-state index contributed by atoms with van der Waals surface area (Å²) >= 11 is 3.58. The minimum atomic E-state index is 0.508. The normalized spacial score (nSPS) is 11.3. The summed E-state index contributed by atoms with van der Waals surface area (Å²) in [6.07, 6.45) is 2.21. The predicted octanol–water partition coefficient (Wildman–Crippen LogP) is 4.29. The van der Waals surface area contributed by atoms with Gasteiger partial charge in [0.25, 0.3) is 0 Å². The summed E-state index contributed by atoms with van der Waals surface area (Å²) in [6, 6.07) is 2.69. The summed E-state index contributed by atoms with van der Waals surface area (Å²) in [7, 11) is 2.13. The highest BCUT2D eigenvalue weighted by Crippen LogP contribution is 2.28. The van der Waals surface area contributed by atoms with Gasteiger partial charge >= 0.3 is 0 Å². The van der Waals surface area contributed by atoms with Gasteiger partial charge in [-0.1, -0.05) is 27.2 Å². The standard InChI is InChI=1S/C16H25N3S2/c1-5-6-14-15(9-17-12(2)3)21-16(18-14)19(4)10-13-7-8-20-11-13/h7-8,11-12,17H,5-6,9-10H2,1-4H3. The van der Waals surface area contributed by atoms with Crippen LogP contribution in [0.2, 0.25) is 0 Å². The lowest BCUT2D eigenvalue weighted by atomic mass is 10.2. The van der Waals surface area contributed by atoms with Gasteiger partial charge in [0, 0.05) is 31.1 Å². The van der Waals surface area contributed by atoms with Crippen molar-refractivity contribution in [1.29, 1.82) is 0 Å². The highest BCUT2D eigenvalue weighted by Gasteiger charge is 2.14. The number of aromatic nitrogens is 1. The molecule has 0 aliphatic carbocycles. The van der Waals surface area contributed by atoms with E-state index in [4.69, 9.17) is 4.98 Å². The minimum Gasteiger partial charge on any atom is -0.347 e. The highest BCUT2D eigenvalue weighted by atomic mass is 32.1. The van der Waals surface area contributed by atoms with Crippen LogP contribution in [0.25, 0.3) is 0 Å². The van der Waals surface area contributed by atoms with Gasteiger partial charge < -0.3 is 10.2 Å². The van der Waals surface area contributed by atoms with Crippen LogP contribution in [0, 0.1) is 0 Å². The van der Waals surface area contributed by atoms with Crippen molar-refractivity contribution in [3.05, 3.63) is 33.0 Å². The van der Waals surface area contributed by atoms with Gasteiger partial charge in [0.2, 0.25) is 0 Å². The molecule has 2 aromatic heterocycles. The fourth-order valence-corrected chi connectivity index (χ4v) is 3.80. The van der Waals surface area contributed by atoms with E-state index < -0.39 is 0 Å². The predicted molar refractivity (Wildman–Crippen MR) is 94.5 cm³/mol. The second-order valence-corrected chi connectivity index (χ2v) is 7.48. The van der Waals surface area contributed by atoms with Crippen LogP contribution in [-0.4, -0.2) is 18.1 Å².